The minimum absolute atomic E-state index is 0.00213. The van der Waals surface area contributed by atoms with E-state index in [1.807, 2.05) is 13.8 Å². The molecule has 4 nitrogen and oxygen atoms in total. The minimum Gasteiger partial charge on any atom is -0.392 e. The van der Waals surface area contributed by atoms with E-state index < -0.39 is 15.6 Å². The van der Waals surface area contributed by atoms with Crippen molar-refractivity contribution in [1.29, 1.82) is 0 Å². The van der Waals surface area contributed by atoms with Crippen LogP contribution in [0.25, 0.3) is 0 Å². The third-order valence-electron chi connectivity index (χ3n) is 2.85. The number of nitrogens with one attached hydrogen (secondary N) is 1. The third-order valence-corrected chi connectivity index (χ3v) is 5.03. The maximum absolute atomic E-state index is 12.5. The number of aliphatic hydroxyl groups excluding tert-OH is 1. The molecule has 1 aromatic carbocycles. The Bertz CT molecular complexity index is 604. The van der Waals surface area contributed by atoms with Crippen LogP contribution in [0.5, 0.6) is 0 Å². The molecular weight excluding hydrogens is 310 g/mol. The Balaban J connectivity index is 3.12. The predicted octanol–water partition coefficient (Wildman–Crippen LogP) is 3.33. The van der Waals surface area contributed by atoms with Crippen molar-refractivity contribution in [2.75, 3.05) is 0 Å². The van der Waals surface area contributed by atoms with E-state index in [1.54, 1.807) is 6.07 Å². The van der Waals surface area contributed by atoms with Gasteiger partial charge in [0.1, 0.15) is 4.90 Å². The van der Waals surface area contributed by atoms with Crippen LogP contribution < -0.4 is 4.72 Å². The third kappa shape index (κ3) is 5.58. The van der Waals surface area contributed by atoms with Crippen molar-refractivity contribution in [3.05, 3.63) is 28.8 Å². The van der Waals surface area contributed by atoms with Crippen LogP contribution in [-0.4, -0.2) is 19.1 Å². The Morgan fingerprint density at radius 1 is 1.19 bits per heavy atom. The first-order chi connectivity index (χ1) is 9.36. The van der Waals surface area contributed by atoms with Crippen LogP contribution in [0.15, 0.2) is 23.1 Å². The number of hydrogen-bond donors (Lipinski definition) is 2. The van der Waals surface area contributed by atoms with Crippen LogP contribution in [0.4, 0.5) is 0 Å². The van der Waals surface area contributed by atoms with Crippen LogP contribution in [0.3, 0.4) is 0 Å². The number of benzene rings is 1. The van der Waals surface area contributed by atoms with Crippen molar-refractivity contribution in [1.82, 2.24) is 4.72 Å². The van der Waals surface area contributed by atoms with Crippen LogP contribution in [-0.2, 0) is 16.6 Å². The van der Waals surface area contributed by atoms with Gasteiger partial charge in [0.2, 0.25) is 10.0 Å². The average Bonchev–Trinajstić information content (AvgIpc) is 2.24. The highest BCUT2D eigenvalue weighted by Crippen LogP contribution is 2.30. The lowest BCUT2D eigenvalue weighted by Crippen LogP contribution is -2.45. The van der Waals surface area contributed by atoms with Gasteiger partial charge in [-0.1, -0.05) is 38.4 Å². The Morgan fingerprint density at radius 3 is 2.24 bits per heavy atom. The number of aliphatic hydroxyl groups is 1. The topological polar surface area (TPSA) is 66.4 Å². The van der Waals surface area contributed by atoms with Crippen molar-refractivity contribution in [2.45, 2.75) is 58.1 Å². The fraction of sp³-hybridized carbons (Fsp3) is 0.600. The first-order valence-electron chi connectivity index (χ1n) is 6.80. The van der Waals surface area contributed by atoms with E-state index >= 15 is 0 Å². The zero-order valence-electron chi connectivity index (χ0n) is 13.2. The number of rotatable bonds is 5. The van der Waals surface area contributed by atoms with Crippen molar-refractivity contribution >= 4 is 21.6 Å². The minimum atomic E-state index is -3.75. The summed E-state index contributed by atoms with van der Waals surface area (Å²) in [5.41, 5.74) is -0.105. The van der Waals surface area contributed by atoms with Crippen molar-refractivity contribution < 1.29 is 13.5 Å². The second kappa shape index (κ2) is 6.24. The van der Waals surface area contributed by atoms with Gasteiger partial charge in [-0.15, -0.1) is 0 Å². The Hall–Kier alpha value is -0.620. The zero-order valence-corrected chi connectivity index (χ0v) is 14.8. The smallest absolute Gasteiger partial charge is 0.242 e. The van der Waals surface area contributed by atoms with Gasteiger partial charge in [-0.2, -0.15) is 0 Å². The molecule has 1 aromatic rings. The molecule has 21 heavy (non-hydrogen) atoms. The number of sulfonamides is 1. The number of halogens is 1. The van der Waals surface area contributed by atoms with E-state index in [4.69, 9.17) is 16.7 Å². The Labute approximate surface area is 132 Å². The standard InChI is InChI=1S/C15H24ClNO3S/c1-14(2,3)10-15(4,5)17-21(19,20)13-8-11(9-18)6-7-12(13)16/h6-8,17-18H,9-10H2,1-5H3. The Morgan fingerprint density at radius 2 is 1.76 bits per heavy atom. The number of hydrogen-bond acceptors (Lipinski definition) is 3. The van der Waals surface area contributed by atoms with E-state index in [1.165, 1.54) is 12.1 Å². The molecule has 0 aliphatic rings. The van der Waals surface area contributed by atoms with Gasteiger partial charge in [-0.25, -0.2) is 13.1 Å². The van der Waals surface area contributed by atoms with E-state index in [2.05, 4.69) is 25.5 Å². The molecule has 120 valence electrons. The predicted molar refractivity (Wildman–Crippen MR) is 85.8 cm³/mol. The second-order valence-electron chi connectivity index (χ2n) is 7.15. The molecule has 0 bridgehead atoms. The van der Waals surface area contributed by atoms with E-state index in [0.717, 1.165) is 0 Å². The summed E-state index contributed by atoms with van der Waals surface area (Å²) >= 11 is 6.00. The highest BCUT2D eigenvalue weighted by atomic mass is 35.5. The van der Waals surface area contributed by atoms with Crippen molar-refractivity contribution in [3.8, 4) is 0 Å². The van der Waals surface area contributed by atoms with Crippen molar-refractivity contribution in [2.24, 2.45) is 5.41 Å². The summed E-state index contributed by atoms with van der Waals surface area (Å²) < 4.78 is 27.8. The molecule has 0 atom stereocenters. The van der Waals surface area contributed by atoms with Gasteiger partial charge < -0.3 is 5.11 Å². The molecule has 0 heterocycles. The molecule has 0 spiro atoms. The molecule has 0 aliphatic carbocycles. The van der Waals surface area contributed by atoms with Gasteiger partial charge >= 0.3 is 0 Å². The van der Waals surface area contributed by atoms with E-state index in [0.29, 0.717) is 12.0 Å². The second-order valence-corrected chi connectivity index (χ2v) is 9.21. The van der Waals surface area contributed by atoms with Crippen molar-refractivity contribution in [3.63, 3.8) is 0 Å². The molecule has 0 fully saturated rings. The monoisotopic (exact) mass is 333 g/mol. The largest absolute Gasteiger partial charge is 0.392 e. The van der Waals surface area contributed by atoms with Gasteiger partial charge in [-0.3, -0.25) is 0 Å². The first-order valence-corrected chi connectivity index (χ1v) is 8.66. The maximum atomic E-state index is 12.5. The lowest BCUT2D eigenvalue weighted by atomic mass is 9.82. The molecule has 0 saturated heterocycles. The van der Waals surface area contributed by atoms with Gasteiger partial charge in [0.05, 0.1) is 11.6 Å². The normalized spacial score (nSPS) is 13.5. The molecule has 0 saturated carbocycles. The van der Waals surface area contributed by atoms with Crippen LogP contribution in [0, 0.1) is 5.41 Å². The zero-order chi connectivity index (χ0) is 16.5. The highest BCUT2D eigenvalue weighted by molar-refractivity contribution is 7.89. The highest BCUT2D eigenvalue weighted by Gasteiger charge is 2.31. The quantitative estimate of drug-likeness (QED) is 0.868. The van der Waals surface area contributed by atoms with Crippen LogP contribution >= 0.6 is 11.6 Å². The fourth-order valence-corrected chi connectivity index (χ4v) is 4.60. The van der Waals surface area contributed by atoms with Crippen LogP contribution in [0.1, 0.15) is 46.6 Å². The fourth-order valence-electron chi connectivity index (χ4n) is 2.63. The molecule has 0 aliphatic heterocycles. The summed E-state index contributed by atoms with van der Waals surface area (Å²) in [6.45, 7) is 9.64. The maximum Gasteiger partial charge on any atom is 0.242 e. The SMILES string of the molecule is CC(C)(C)CC(C)(C)NS(=O)(=O)c1cc(CO)ccc1Cl. The molecular formula is C15H24ClNO3S. The summed E-state index contributed by atoms with van der Waals surface area (Å²) in [6.07, 6.45) is 0.677. The molecule has 0 unspecified atom stereocenters. The van der Waals surface area contributed by atoms with Gasteiger partial charge in [0.15, 0.2) is 0 Å². The lowest BCUT2D eigenvalue weighted by molar-refractivity contribution is 0.269. The molecule has 2 N–H and O–H groups in total. The van der Waals surface area contributed by atoms with Gasteiger partial charge in [0.25, 0.3) is 0 Å². The summed E-state index contributed by atoms with van der Waals surface area (Å²) in [7, 11) is -3.75. The molecule has 0 aromatic heterocycles. The molecule has 0 amide bonds. The summed E-state index contributed by atoms with van der Waals surface area (Å²) in [4.78, 5) is -0.00213. The van der Waals surface area contributed by atoms with E-state index in [9.17, 15) is 8.42 Å². The lowest BCUT2D eigenvalue weighted by Gasteiger charge is -2.33. The molecule has 1 rings (SSSR count). The molecule has 6 heteroatoms. The van der Waals surface area contributed by atoms with E-state index in [-0.39, 0.29) is 21.9 Å². The first kappa shape index (κ1) is 18.4. The molecule has 0 radical (unpaired) electrons. The average molecular weight is 334 g/mol. The summed E-state index contributed by atoms with van der Waals surface area (Å²) in [5, 5.41) is 9.29. The van der Waals surface area contributed by atoms with Gasteiger partial charge in [-0.05, 0) is 43.4 Å². The van der Waals surface area contributed by atoms with Gasteiger partial charge in [0, 0.05) is 5.54 Å². The van der Waals surface area contributed by atoms with Crippen LogP contribution in [0.2, 0.25) is 5.02 Å². The summed E-state index contributed by atoms with van der Waals surface area (Å²) in [5.74, 6) is 0. The summed E-state index contributed by atoms with van der Waals surface area (Å²) in [6, 6.07) is 4.48. The Kier molecular flexibility index (Phi) is 5.48.